The van der Waals surface area contributed by atoms with Crippen molar-refractivity contribution in [2.24, 2.45) is 16.8 Å². The molecule has 0 spiro atoms. The molecule has 0 radical (unpaired) electrons. The predicted molar refractivity (Wildman–Crippen MR) is 62.2 cm³/mol. The molecule has 0 saturated heterocycles. The van der Waals surface area contributed by atoms with E-state index in [0.29, 0.717) is 28.9 Å². The molecule has 2 rings (SSSR count). The van der Waals surface area contributed by atoms with Gasteiger partial charge in [-0.2, -0.15) is 0 Å². The standard InChI is InChI=1S/C11H13ClN2O2/c12-9-5-8(11(13)14-15)3-4-10(9)16-6-7-1-2-7/h3-5,7,15H,1-2,6H2,(H2,13,14). The first-order chi connectivity index (χ1) is 7.70. The fourth-order valence-corrected chi connectivity index (χ4v) is 1.56. The Hall–Kier alpha value is -1.42. The summed E-state index contributed by atoms with van der Waals surface area (Å²) in [4.78, 5) is 0. The zero-order chi connectivity index (χ0) is 11.5. The minimum absolute atomic E-state index is 0.0376. The van der Waals surface area contributed by atoms with Crippen LogP contribution in [0.4, 0.5) is 0 Å². The van der Waals surface area contributed by atoms with Gasteiger partial charge in [0.1, 0.15) is 5.75 Å². The molecule has 0 heterocycles. The number of nitrogens with two attached hydrogens (primary N) is 1. The lowest BCUT2D eigenvalue weighted by Gasteiger charge is -2.08. The van der Waals surface area contributed by atoms with Crippen molar-refractivity contribution < 1.29 is 9.94 Å². The second-order valence-corrected chi connectivity index (χ2v) is 4.29. The van der Waals surface area contributed by atoms with Crippen molar-refractivity contribution in [1.29, 1.82) is 0 Å². The Kier molecular flexibility index (Phi) is 3.19. The Morgan fingerprint density at radius 1 is 1.56 bits per heavy atom. The molecule has 1 saturated carbocycles. The Bertz CT molecular complexity index is 416. The summed E-state index contributed by atoms with van der Waals surface area (Å²) in [6.45, 7) is 0.711. The zero-order valence-electron chi connectivity index (χ0n) is 8.69. The summed E-state index contributed by atoms with van der Waals surface area (Å²) < 4.78 is 5.55. The number of hydrogen-bond donors (Lipinski definition) is 2. The van der Waals surface area contributed by atoms with E-state index < -0.39 is 0 Å². The van der Waals surface area contributed by atoms with E-state index in [1.165, 1.54) is 12.8 Å². The first-order valence-corrected chi connectivity index (χ1v) is 5.48. The average molecular weight is 241 g/mol. The lowest BCUT2D eigenvalue weighted by molar-refractivity contribution is 0.300. The third-order valence-corrected chi connectivity index (χ3v) is 2.80. The van der Waals surface area contributed by atoms with E-state index in [-0.39, 0.29) is 5.84 Å². The Labute approximate surface area is 98.7 Å². The van der Waals surface area contributed by atoms with Gasteiger partial charge in [0.15, 0.2) is 5.84 Å². The SMILES string of the molecule is NC(=NO)c1ccc(OCC2CC2)c(Cl)c1. The molecule has 5 heteroatoms. The van der Waals surface area contributed by atoms with Gasteiger partial charge in [0, 0.05) is 5.56 Å². The van der Waals surface area contributed by atoms with Crippen LogP contribution in [0.15, 0.2) is 23.4 Å². The summed E-state index contributed by atoms with van der Waals surface area (Å²) in [5.41, 5.74) is 6.02. The van der Waals surface area contributed by atoms with Gasteiger partial charge in [-0.05, 0) is 37.0 Å². The molecular weight excluding hydrogens is 228 g/mol. The topological polar surface area (TPSA) is 67.8 Å². The lowest BCUT2D eigenvalue weighted by atomic mass is 10.2. The van der Waals surface area contributed by atoms with Crippen LogP contribution in [0.5, 0.6) is 5.75 Å². The van der Waals surface area contributed by atoms with E-state index in [2.05, 4.69) is 5.16 Å². The van der Waals surface area contributed by atoms with Crippen LogP contribution in [-0.4, -0.2) is 17.6 Å². The molecule has 1 aromatic carbocycles. The minimum Gasteiger partial charge on any atom is -0.492 e. The highest BCUT2D eigenvalue weighted by molar-refractivity contribution is 6.32. The number of halogens is 1. The third kappa shape index (κ3) is 2.58. The summed E-state index contributed by atoms with van der Waals surface area (Å²) >= 11 is 6.02. The molecule has 3 N–H and O–H groups in total. The Morgan fingerprint density at radius 2 is 2.31 bits per heavy atom. The molecule has 1 aromatic rings. The van der Waals surface area contributed by atoms with Crippen molar-refractivity contribution in [1.82, 2.24) is 0 Å². The number of oxime groups is 1. The molecule has 0 aliphatic heterocycles. The van der Waals surface area contributed by atoms with Gasteiger partial charge in [-0.1, -0.05) is 16.8 Å². The summed E-state index contributed by atoms with van der Waals surface area (Å²) in [6, 6.07) is 5.07. The smallest absolute Gasteiger partial charge is 0.170 e. The fraction of sp³-hybridized carbons (Fsp3) is 0.364. The molecular formula is C11H13ClN2O2. The molecule has 0 amide bonds. The molecule has 1 aliphatic carbocycles. The van der Waals surface area contributed by atoms with Crippen LogP contribution in [0.3, 0.4) is 0 Å². The van der Waals surface area contributed by atoms with Crippen molar-refractivity contribution in [3.05, 3.63) is 28.8 Å². The first-order valence-electron chi connectivity index (χ1n) is 5.11. The van der Waals surface area contributed by atoms with Crippen LogP contribution in [0.25, 0.3) is 0 Å². The molecule has 86 valence electrons. The van der Waals surface area contributed by atoms with Crippen LogP contribution in [-0.2, 0) is 0 Å². The van der Waals surface area contributed by atoms with Crippen LogP contribution >= 0.6 is 11.6 Å². The van der Waals surface area contributed by atoms with Crippen LogP contribution < -0.4 is 10.5 Å². The van der Waals surface area contributed by atoms with Crippen molar-refractivity contribution >= 4 is 17.4 Å². The summed E-state index contributed by atoms with van der Waals surface area (Å²) in [5.74, 6) is 1.36. The van der Waals surface area contributed by atoms with E-state index >= 15 is 0 Å². The van der Waals surface area contributed by atoms with Gasteiger partial charge in [-0.25, -0.2) is 0 Å². The molecule has 0 unspecified atom stereocenters. The highest BCUT2D eigenvalue weighted by atomic mass is 35.5. The molecule has 4 nitrogen and oxygen atoms in total. The number of ether oxygens (including phenoxy) is 1. The molecule has 0 bridgehead atoms. The molecule has 16 heavy (non-hydrogen) atoms. The van der Waals surface area contributed by atoms with E-state index in [1.54, 1.807) is 18.2 Å². The largest absolute Gasteiger partial charge is 0.492 e. The van der Waals surface area contributed by atoms with Gasteiger partial charge in [0.25, 0.3) is 0 Å². The second kappa shape index (κ2) is 4.61. The van der Waals surface area contributed by atoms with Crippen molar-refractivity contribution in [3.63, 3.8) is 0 Å². The van der Waals surface area contributed by atoms with Gasteiger partial charge in [-0.3, -0.25) is 0 Å². The van der Waals surface area contributed by atoms with E-state index in [9.17, 15) is 0 Å². The van der Waals surface area contributed by atoms with Crippen molar-refractivity contribution in [2.75, 3.05) is 6.61 Å². The summed E-state index contributed by atoms with van der Waals surface area (Å²) in [7, 11) is 0. The van der Waals surface area contributed by atoms with E-state index in [4.69, 9.17) is 27.3 Å². The number of rotatable bonds is 4. The van der Waals surface area contributed by atoms with Gasteiger partial charge >= 0.3 is 0 Å². The van der Waals surface area contributed by atoms with Gasteiger partial charge in [0.2, 0.25) is 0 Å². The van der Waals surface area contributed by atoms with Crippen molar-refractivity contribution in [3.8, 4) is 5.75 Å². The molecule has 0 atom stereocenters. The van der Waals surface area contributed by atoms with Gasteiger partial charge in [-0.15, -0.1) is 0 Å². The van der Waals surface area contributed by atoms with Crippen LogP contribution in [0, 0.1) is 5.92 Å². The normalized spacial score (nSPS) is 16.2. The Morgan fingerprint density at radius 3 is 2.88 bits per heavy atom. The van der Waals surface area contributed by atoms with Crippen molar-refractivity contribution in [2.45, 2.75) is 12.8 Å². The maximum atomic E-state index is 8.52. The lowest BCUT2D eigenvalue weighted by Crippen LogP contribution is -2.13. The van der Waals surface area contributed by atoms with Crippen LogP contribution in [0.2, 0.25) is 5.02 Å². The average Bonchev–Trinajstić information content (AvgIpc) is 3.10. The van der Waals surface area contributed by atoms with E-state index in [1.807, 2.05) is 0 Å². The molecule has 0 aromatic heterocycles. The van der Waals surface area contributed by atoms with E-state index in [0.717, 1.165) is 0 Å². The molecule has 1 aliphatic rings. The van der Waals surface area contributed by atoms with Gasteiger partial charge in [0.05, 0.1) is 11.6 Å². The highest BCUT2D eigenvalue weighted by Crippen LogP contribution is 2.31. The number of hydrogen-bond acceptors (Lipinski definition) is 3. The fourth-order valence-electron chi connectivity index (χ4n) is 1.33. The van der Waals surface area contributed by atoms with Gasteiger partial charge < -0.3 is 15.7 Å². The Balaban J connectivity index is 2.08. The number of amidine groups is 1. The number of nitrogens with zero attached hydrogens (tertiary/aromatic N) is 1. The maximum absolute atomic E-state index is 8.52. The summed E-state index contributed by atoms with van der Waals surface area (Å²) in [5, 5.41) is 11.9. The zero-order valence-corrected chi connectivity index (χ0v) is 9.44. The monoisotopic (exact) mass is 240 g/mol. The summed E-state index contributed by atoms with van der Waals surface area (Å²) in [6.07, 6.45) is 2.47. The van der Waals surface area contributed by atoms with Crippen LogP contribution in [0.1, 0.15) is 18.4 Å². The highest BCUT2D eigenvalue weighted by Gasteiger charge is 2.22. The predicted octanol–water partition coefficient (Wildman–Crippen LogP) is 2.22. The third-order valence-electron chi connectivity index (χ3n) is 2.51. The molecule has 1 fully saturated rings. The maximum Gasteiger partial charge on any atom is 0.170 e. The quantitative estimate of drug-likeness (QED) is 0.367. The second-order valence-electron chi connectivity index (χ2n) is 3.88. The first kappa shape index (κ1) is 11.1. The minimum atomic E-state index is 0.0376. The number of benzene rings is 1.